The number of hydrogen-bond acceptors (Lipinski definition) is 5. The van der Waals surface area contributed by atoms with E-state index in [4.69, 9.17) is 5.73 Å². The molecule has 28 heavy (non-hydrogen) atoms. The third-order valence-corrected chi connectivity index (χ3v) is 5.41. The van der Waals surface area contributed by atoms with Crippen LogP contribution < -0.4 is 20.7 Å². The Morgan fingerprint density at radius 3 is 2.11 bits per heavy atom. The van der Waals surface area contributed by atoms with Crippen molar-refractivity contribution in [2.24, 2.45) is 0 Å². The molecule has 148 valence electrons. The van der Waals surface area contributed by atoms with Gasteiger partial charge in [0.1, 0.15) is 0 Å². The maximum atomic E-state index is 13.8. The summed E-state index contributed by atoms with van der Waals surface area (Å²) < 4.78 is 67.7. The largest absolute Gasteiger partial charge is 0.435 e. The number of rotatable bonds is 4. The van der Waals surface area contributed by atoms with E-state index in [-0.39, 0.29) is 16.3 Å². The minimum absolute atomic E-state index is 0.150. The van der Waals surface area contributed by atoms with Crippen molar-refractivity contribution in [2.75, 3.05) is 10.6 Å². The summed E-state index contributed by atoms with van der Waals surface area (Å²) in [5, 5.41) is 1.44. The molecule has 1 atom stereocenters. The fourth-order valence-corrected chi connectivity index (χ4v) is 3.84. The van der Waals surface area contributed by atoms with Gasteiger partial charge in [-0.1, -0.05) is 18.2 Å². The third-order valence-electron chi connectivity index (χ3n) is 3.94. The van der Waals surface area contributed by atoms with Gasteiger partial charge in [-0.15, -0.1) is 0 Å². The monoisotopic (exact) mass is 414 g/mol. The standard InChI is InChI=1S/C16H13F3N4O4S/c17-16(18,19)15(22-28(26,27)12-8-6-10(20)7-9-12)13(24)23(14(25)21-15)11-4-2-1-3-5-11/h1-9,22H,20H2,(H,21,25). The predicted octanol–water partition coefficient (Wildman–Crippen LogP) is 1.56. The Bertz CT molecular complexity index is 1030. The van der Waals surface area contributed by atoms with E-state index in [2.05, 4.69) is 0 Å². The molecule has 3 amide bonds. The van der Waals surface area contributed by atoms with Crippen LogP contribution in [0.2, 0.25) is 0 Å². The molecule has 0 aliphatic carbocycles. The lowest BCUT2D eigenvalue weighted by atomic mass is 10.1. The number of amides is 3. The van der Waals surface area contributed by atoms with E-state index in [0.29, 0.717) is 0 Å². The van der Waals surface area contributed by atoms with E-state index in [1.807, 2.05) is 0 Å². The number of imide groups is 1. The van der Waals surface area contributed by atoms with Crippen LogP contribution in [-0.2, 0) is 14.8 Å². The van der Waals surface area contributed by atoms with Crippen molar-refractivity contribution in [3.63, 3.8) is 0 Å². The second-order valence-corrected chi connectivity index (χ2v) is 7.51. The van der Waals surface area contributed by atoms with Gasteiger partial charge in [0.05, 0.1) is 10.6 Å². The van der Waals surface area contributed by atoms with Gasteiger partial charge in [-0.2, -0.15) is 17.9 Å². The summed E-state index contributed by atoms with van der Waals surface area (Å²) in [4.78, 5) is 24.4. The Morgan fingerprint density at radius 1 is 1.00 bits per heavy atom. The summed E-state index contributed by atoms with van der Waals surface area (Å²) in [5.41, 5.74) is 1.61. The number of nitrogens with two attached hydrogens (primary N) is 1. The minimum Gasteiger partial charge on any atom is -0.399 e. The predicted molar refractivity (Wildman–Crippen MR) is 92.4 cm³/mol. The van der Waals surface area contributed by atoms with Crippen molar-refractivity contribution in [3.05, 3.63) is 54.6 Å². The van der Waals surface area contributed by atoms with Crippen LogP contribution in [0.15, 0.2) is 59.5 Å². The number of sulfonamides is 1. The van der Waals surface area contributed by atoms with Gasteiger partial charge in [0, 0.05) is 5.69 Å². The summed E-state index contributed by atoms with van der Waals surface area (Å²) in [6.45, 7) is 0. The van der Waals surface area contributed by atoms with Gasteiger partial charge >= 0.3 is 12.2 Å². The van der Waals surface area contributed by atoms with Crippen LogP contribution in [0.25, 0.3) is 0 Å². The maximum Gasteiger partial charge on any atom is 0.435 e. The first-order valence-corrected chi connectivity index (χ1v) is 9.14. The zero-order valence-electron chi connectivity index (χ0n) is 13.9. The van der Waals surface area contributed by atoms with E-state index < -0.39 is 38.7 Å². The fourth-order valence-electron chi connectivity index (χ4n) is 2.57. The van der Waals surface area contributed by atoms with Gasteiger partial charge in [-0.05, 0) is 36.4 Å². The lowest BCUT2D eigenvalue weighted by molar-refractivity contribution is -0.194. The van der Waals surface area contributed by atoms with Crippen LogP contribution >= 0.6 is 0 Å². The van der Waals surface area contributed by atoms with Gasteiger partial charge in [0.15, 0.2) is 0 Å². The Morgan fingerprint density at radius 2 is 1.57 bits per heavy atom. The molecule has 1 heterocycles. The second-order valence-electron chi connectivity index (χ2n) is 5.83. The summed E-state index contributed by atoms with van der Waals surface area (Å²) in [7, 11) is -4.85. The van der Waals surface area contributed by atoms with Crippen molar-refractivity contribution >= 4 is 33.3 Å². The first-order chi connectivity index (χ1) is 13.0. The van der Waals surface area contributed by atoms with Crippen molar-refractivity contribution < 1.29 is 31.2 Å². The van der Waals surface area contributed by atoms with Gasteiger partial charge in [-0.3, -0.25) is 4.79 Å². The number of nitrogen functional groups attached to an aromatic ring is 1. The number of nitrogens with one attached hydrogen (secondary N) is 2. The van der Waals surface area contributed by atoms with Crippen molar-refractivity contribution in [1.29, 1.82) is 0 Å². The van der Waals surface area contributed by atoms with Crippen LogP contribution in [0.4, 0.5) is 29.3 Å². The van der Waals surface area contributed by atoms with Crippen LogP contribution in [0.5, 0.6) is 0 Å². The smallest absolute Gasteiger partial charge is 0.399 e. The SMILES string of the molecule is Nc1ccc(S(=O)(=O)NC2(C(F)(F)F)NC(=O)N(c3ccccc3)C2=O)cc1. The van der Waals surface area contributed by atoms with Gasteiger partial charge in [0.25, 0.3) is 11.6 Å². The highest BCUT2D eigenvalue weighted by molar-refractivity contribution is 7.89. The lowest BCUT2D eigenvalue weighted by Gasteiger charge is -2.29. The number of carbonyl (C=O) groups excluding carboxylic acids is 2. The molecule has 0 radical (unpaired) electrons. The minimum atomic E-state index is -5.47. The van der Waals surface area contributed by atoms with Crippen molar-refractivity contribution in [1.82, 2.24) is 10.0 Å². The molecule has 1 unspecified atom stereocenters. The highest BCUT2D eigenvalue weighted by atomic mass is 32.2. The number of halogens is 3. The zero-order valence-corrected chi connectivity index (χ0v) is 14.7. The third kappa shape index (κ3) is 3.16. The second kappa shape index (κ2) is 6.49. The molecule has 0 spiro atoms. The van der Waals surface area contributed by atoms with E-state index in [1.165, 1.54) is 52.5 Å². The molecule has 3 rings (SSSR count). The number of benzene rings is 2. The zero-order chi connectivity index (χ0) is 20.7. The first kappa shape index (κ1) is 19.6. The van der Waals surface area contributed by atoms with Gasteiger partial charge < -0.3 is 11.1 Å². The molecule has 8 nitrogen and oxygen atoms in total. The number of alkyl halides is 3. The number of urea groups is 1. The molecule has 0 bridgehead atoms. The van der Waals surface area contributed by atoms with Crippen LogP contribution in [0, 0.1) is 0 Å². The number of anilines is 2. The molecule has 0 saturated carbocycles. The van der Waals surface area contributed by atoms with E-state index in [1.54, 1.807) is 0 Å². The normalized spacial score (nSPS) is 20.3. The molecule has 1 aliphatic heterocycles. The fraction of sp³-hybridized carbons (Fsp3) is 0.125. The lowest BCUT2D eigenvalue weighted by Crippen LogP contribution is -2.69. The molecular weight excluding hydrogens is 401 g/mol. The maximum absolute atomic E-state index is 13.8. The summed E-state index contributed by atoms with van der Waals surface area (Å²) in [6, 6.07) is 9.66. The van der Waals surface area contributed by atoms with Crippen molar-refractivity contribution in [3.8, 4) is 0 Å². The van der Waals surface area contributed by atoms with Crippen LogP contribution in [0.3, 0.4) is 0 Å². The Labute approximate surface area is 157 Å². The molecular formula is C16H13F3N4O4S. The summed E-state index contributed by atoms with van der Waals surface area (Å²) in [6.07, 6.45) is -5.47. The average Bonchev–Trinajstić information content (AvgIpc) is 2.86. The Kier molecular flexibility index (Phi) is 4.55. The van der Waals surface area contributed by atoms with Gasteiger partial charge in [0.2, 0.25) is 10.0 Å². The number of carbonyl (C=O) groups is 2. The molecule has 1 aliphatic rings. The molecule has 1 fully saturated rings. The number of nitrogens with zero attached hydrogens (tertiary/aromatic N) is 1. The topological polar surface area (TPSA) is 122 Å². The summed E-state index contributed by atoms with van der Waals surface area (Å²) in [5.74, 6) is -1.82. The molecule has 2 aromatic carbocycles. The quantitative estimate of drug-likeness (QED) is 0.518. The van der Waals surface area contributed by atoms with Crippen molar-refractivity contribution in [2.45, 2.75) is 16.7 Å². The van der Waals surface area contributed by atoms with Crippen LogP contribution in [-0.4, -0.2) is 32.2 Å². The molecule has 4 N–H and O–H groups in total. The van der Waals surface area contributed by atoms with E-state index in [0.717, 1.165) is 12.1 Å². The van der Waals surface area contributed by atoms with Gasteiger partial charge in [-0.25, -0.2) is 18.1 Å². The number of para-hydroxylation sites is 1. The Balaban J connectivity index is 2.07. The average molecular weight is 414 g/mol. The summed E-state index contributed by atoms with van der Waals surface area (Å²) >= 11 is 0. The molecule has 0 aromatic heterocycles. The van der Waals surface area contributed by atoms with E-state index in [9.17, 15) is 31.2 Å². The Hall–Kier alpha value is -3.12. The first-order valence-electron chi connectivity index (χ1n) is 7.66. The molecule has 12 heteroatoms. The number of hydrogen-bond donors (Lipinski definition) is 3. The van der Waals surface area contributed by atoms with E-state index >= 15 is 0 Å². The molecule has 1 saturated heterocycles. The molecule has 2 aromatic rings. The highest BCUT2D eigenvalue weighted by Crippen LogP contribution is 2.36. The van der Waals surface area contributed by atoms with Crippen LogP contribution in [0.1, 0.15) is 0 Å². The highest BCUT2D eigenvalue weighted by Gasteiger charge is 2.69.